The first-order valence-electron chi connectivity index (χ1n) is 6.68. The van der Waals surface area contributed by atoms with Gasteiger partial charge in [-0.25, -0.2) is 0 Å². The molecule has 3 nitrogen and oxygen atoms in total. The Kier molecular flexibility index (Phi) is 3.88. The van der Waals surface area contributed by atoms with E-state index in [9.17, 15) is 5.11 Å². The quantitative estimate of drug-likeness (QED) is 0.771. The molecule has 0 radical (unpaired) electrons. The molecule has 0 amide bonds. The molecule has 2 aliphatic rings. The third-order valence-electron chi connectivity index (χ3n) is 4.62. The van der Waals surface area contributed by atoms with Gasteiger partial charge in [0.15, 0.2) is 0 Å². The van der Waals surface area contributed by atoms with Crippen LogP contribution in [0.15, 0.2) is 0 Å². The van der Waals surface area contributed by atoms with Gasteiger partial charge >= 0.3 is 0 Å². The van der Waals surface area contributed by atoms with Crippen LogP contribution in [0.25, 0.3) is 0 Å². The molecule has 2 rings (SSSR count). The lowest BCUT2D eigenvalue weighted by Crippen LogP contribution is -2.49. The standard InChI is InChI=1S/C13H25NO2/c1-10-4-6-13(9-14,7-5-10)12(15)11-3-2-8-16-11/h10-12,15H,2-9,14H2,1H3. The van der Waals surface area contributed by atoms with Crippen molar-refractivity contribution in [2.45, 2.75) is 57.7 Å². The Bertz CT molecular complexity index is 218. The molecule has 1 heterocycles. The molecule has 3 heteroatoms. The molecule has 0 aromatic heterocycles. The van der Waals surface area contributed by atoms with Crippen molar-refractivity contribution in [1.82, 2.24) is 0 Å². The maximum Gasteiger partial charge on any atom is 0.0869 e. The van der Waals surface area contributed by atoms with E-state index >= 15 is 0 Å². The molecule has 2 fully saturated rings. The Morgan fingerprint density at radius 2 is 2.06 bits per heavy atom. The Balaban J connectivity index is 2.02. The first-order valence-corrected chi connectivity index (χ1v) is 6.68. The van der Waals surface area contributed by atoms with E-state index in [2.05, 4.69) is 6.92 Å². The normalized spacial score (nSPS) is 42.2. The van der Waals surface area contributed by atoms with Crippen LogP contribution in [-0.4, -0.2) is 30.5 Å². The summed E-state index contributed by atoms with van der Waals surface area (Å²) in [5, 5.41) is 10.5. The molecule has 16 heavy (non-hydrogen) atoms. The summed E-state index contributed by atoms with van der Waals surface area (Å²) in [5.74, 6) is 0.788. The minimum atomic E-state index is -0.354. The van der Waals surface area contributed by atoms with Crippen molar-refractivity contribution in [2.24, 2.45) is 17.1 Å². The van der Waals surface area contributed by atoms with Crippen LogP contribution in [0.3, 0.4) is 0 Å². The van der Waals surface area contributed by atoms with Gasteiger partial charge in [0.2, 0.25) is 0 Å². The maximum atomic E-state index is 10.5. The molecule has 1 aliphatic carbocycles. The SMILES string of the molecule is CC1CCC(CN)(C(O)C2CCCO2)CC1. The Labute approximate surface area is 98.4 Å². The zero-order valence-corrected chi connectivity index (χ0v) is 10.3. The van der Waals surface area contributed by atoms with Crippen molar-refractivity contribution < 1.29 is 9.84 Å². The number of ether oxygens (including phenoxy) is 1. The minimum absolute atomic E-state index is 0.0388. The van der Waals surface area contributed by atoms with Gasteiger partial charge in [-0.3, -0.25) is 0 Å². The van der Waals surface area contributed by atoms with E-state index in [1.54, 1.807) is 0 Å². The van der Waals surface area contributed by atoms with E-state index in [0.717, 1.165) is 38.2 Å². The molecule has 1 saturated heterocycles. The van der Waals surface area contributed by atoms with Crippen molar-refractivity contribution in [3.8, 4) is 0 Å². The van der Waals surface area contributed by atoms with Crippen LogP contribution in [0, 0.1) is 11.3 Å². The first kappa shape index (κ1) is 12.3. The van der Waals surface area contributed by atoms with Gasteiger partial charge < -0.3 is 15.6 Å². The van der Waals surface area contributed by atoms with Gasteiger partial charge in [0.05, 0.1) is 12.2 Å². The van der Waals surface area contributed by atoms with Gasteiger partial charge in [0.25, 0.3) is 0 Å². The fraction of sp³-hybridized carbons (Fsp3) is 1.00. The number of hydrogen-bond acceptors (Lipinski definition) is 3. The predicted octanol–water partition coefficient (Wildman–Crippen LogP) is 1.68. The van der Waals surface area contributed by atoms with E-state index in [-0.39, 0.29) is 17.6 Å². The van der Waals surface area contributed by atoms with Crippen LogP contribution in [-0.2, 0) is 4.74 Å². The number of aliphatic hydroxyl groups is 1. The predicted molar refractivity (Wildman–Crippen MR) is 64.1 cm³/mol. The van der Waals surface area contributed by atoms with Crippen LogP contribution in [0.1, 0.15) is 45.4 Å². The number of aliphatic hydroxyl groups excluding tert-OH is 1. The summed E-state index contributed by atoms with van der Waals surface area (Å²) in [6, 6.07) is 0. The highest BCUT2D eigenvalue weighted by Crippen LogP contribution is 2.43. The molecule has 0 spiro atoms. The highest BCUT2D eigenvalue weighted by molar-refractivity contribution is 4.95. The molecular formula is C13H25NO2. The second-order valence-electron chi connectivity index (χ2n) is 5.75. The molecular weight excluding hydrogens is 202 g/mol. The fourth-order valence-electron chi connectivity index (χ4n) is 3.20. The topological polar surface area (TPSA) is 55.5 Å². The van der Waals surface area contributed by atoms with Crippen LogP contribution in [0.4, 0.5) is 0 Å². The summed E-state index contributed by atoms with van der Waals surface area (Å²) in [6.45, 7) is 3.69. The van der Waals surface area contributed by atoms with Crippen LogP contribution < -0.4 is 5.73 Å². The van der Waals surface area contributed by atoms with Gasteiger partial charge in [0, 0.05) is 18.6 Å². The third-order valence-corrected chi connectivity index (χ3v) is 4.62. The van der Waals surface area contributed by atoms with Gasteiger partial charge in [-0.05, 0) is 31.6 Å². The van der Waals surface area contributed by atoms with E-state index in [1.807, 2.05) is 0 Å². The molecule has 1 saturated carbocycles. The number of hydrogen-bond donors (Lipinski definition) is 2. The molecule has 1 aliphatic heterocycles. The lowest BCUT2D eigenvalue weighted by Gasteiger charge is -2.43. The van der Waals surface area contributed by atoms with Crippen LogP contribution in [0.2, 0.25) is 0 Å². The summed E-state index contributed by atoms with van der Waals surface area (Å²) in [7, 11) is 0. The lowest BCUT2D eigenvalue weighted by molar-refractivity contribution is -0.0887. The smallest absolute Gasteiger partial charge is 0.0869 e. The third kappa shape index (κ3) is 2.27. The van der Waals surface area contributed by atoms with Gasteiger partial charge in [-0.1, -0.05) is 19.8 Å². The highest BCUT2D eigenvalue weighted by atomic mass is 16.5. The van der Waals surface area contributed by atoms with Crippen molar-refractivity contribution in [1.29, 1.82) is 0 Å². The summed E-state index contributed by atoms with van der Waals surface area (Å²) >= 11 is 0. The summed E-state index contributed by atoms with van der Waals surface area (Å²) in [5.41, 5.74) is 5.87. The van der Waals surface area contributed by atoms with Crippen molar-refractivity contribution >= 4 is 0 Å². The summed E-state index contributed by atoms with van der Waals surface area (Å²) in [4.78, 5) is 0. The van der Waals surface area contributed by atoms with Crippen molar-refractivity contribution in [3.05, 3.63) is 0 Å². The van der Waals surface area contributed by atoms with Crippen LogP contribution >= 0.6 is 0 Å². The minimum Gasteiger partial charge on any atom is -0.390 e. The number of rotatable bonds is 3. The van der Waals surface area contributed by atoms with Crippen LogP contribution in [0.5, 0.6) is 0 Å². The van der Waals surface area contributed by atoms with E-state index in [4.69, 9.17) is 10.5 Å². The highest BCUT2D eigenvalue weighted by Gasteiger charge is 2.44. The van der Waals surface area contributed by atoms with Gasteiger partial charge in [0.1, 0.15) is 0 Å². The Hall–Kier alpha value is -0.120. The van der Waals surface area contributed by atoms with Crippen molar-refractivity contribution in [3.63, 3.8) is 0 Å². The molecule has 3 N–H and O–H groups in total. The fourth-order valence-corrected chi connectivity index (χ4v) is 3.20. The second kappa shape index (κ2) is 5.03. The van der Waals surface area contributed by atoms with Gasteiger partial charge in [-0.2, -0.15) is 0 Å². The molecule has 0 aromatic carbocycles. The Morgan fingerprint density at radius 3 is 2.56 bits per heavy atom. The molecule has 0 aromatic rings. The maximum absolute atomic E-state index is 10.5. The first-order chi connectivity index (χ1) is 7.68. The van der Waals surface area contributed by atoms with E-state index in [1.165, 1.54) is 12.8 Å². The zero-order chi connectivity index (χ0) is 11.6. The molecule has 2 atom stereocenters. The number of nitrogens with two attached hydrogens (primary N) is 1. The largest absolute Gasteiger partial charge is 0.390 e. The molecule has 2 unspecified atom stereocenters. The molecule has 0 bridgehead atoms. The average Bonchev–Trinajstić information content (AvgIpc) is 2.83. The van der Waals surface area contributed by atoms with Gasteiger partial charge in [-0.15, -0.1) is 0 Å². The second-order valence-corrected chi connectivity index (χ2v) is 5.75. The Morgan fingerprint density at radius 1 is 1.38 bits per heavy atom. The average molecular weight is 227 g/mol. The summed E-state index contributed by atoms with van der Waals surface area (Å²) < 4.78 is 5.62. The zero-order valence-electron chi connectivity index (χ0n) is 10.3. The lowest BCUT2D eigenvalue weighted by atomic mass is 9.66. The van der Waals surface area contributed by atoms with Crippen molar-refractivity contribution in [2.75, 3.05) is 13.2 Å². The monoisotopic (exact) mass is 227 g/mol. The van der Waals surface area contributed by atoms with E-state index in [0.29, 0.717) is 6.54 Å². The van der Waals surface area contributed by atoms with E-state index < -0.39 is 0 Å². The summed E-state index contributed by atoms with van der Waals surface area (Å²) in [6.07, 6.45) is 6.28. The molecule has 94 valence electrons.